The van der Waals surface area contributed by atoms with Crippen LogP contribution in [0.1, 0.15) is 22.3 Å². The van der Waals surface area contributed by atoms with Crippen molar-refractivity contribution in [3.8, 4) is 5.75 Å². The zero-order valence-electron chi connectivity index (χ0n) is 12.0. The molecule has 2 heterocycles. The second kappa shape index (κ2) is 5.40. The number of benzene rings is 1. The Morgan fingerprint density at radius 1 is 1.24 bits per heavy atom. The van der Waals surface area contributed by atoms with Crippen LogP contribution in [0.3, 0.4) is 0 Å². The van der Waals surface area contributed by atoms with Crippen LogP contribution in [0.5, 0.6) is 5.75 Å². The SMILES string of the molecule is Cc1ccncc1/C=C/c1cc(C)c2c(c1)NC(=O)CO2. The van der Waals surface area contributed by atoms with Crippen molar-refractivity contribution >= 4 is 23.7 Å². The minimum atomic E-state index is -0.119. The van der Waals surface area contributed by atoms with Crippen LogP contribution >= 0.6 is 0 Å². The Balaban J connectivity index is 1.93. The van der Waals surface area contributed by atoms with Crippen molar-refractivity contribution in [1.82, 2.24) is 4.98 Å². The van der Waals surface area contributed by atoms with Crippen molar-refractivity contribution in [1.29, 1.82) is 0 Å². The molecule has 0 aliphatic carbocycles. The highest BCUT2D eigenvalue weighted by molar-refractivity contribution is 5.96. The number of carbonyl (C=O) groups is 1. The first-order chi connectivity index (χ1) is 10.1. The van der Waals surface area contributed by atoms with Crippen LogP contribution in [0.15, 0.2) is 30.6 Å². The number of hydrogen-bond donors (Lipinski definition) is 1. The van der Waals surface area contributed by atoms with E-state index < -0.39 is 0 Å². The second-order valence-electron chi connectivity index (χ2n) is 5.12. The van der Waals surface area contributed by atoms with Gasteiger partial charge in [0, 0.05) is 12.4 Å². The van der Waals surface area contributed by atoms with Gasteiger partial charge in [0.05, 0.1) is 5.69 Å². The molecule has 1 aliphatic heterocycles. The number of nitrogens with one attached hydrogen (secondary N) is 1. The summed E-state index contributed by atoms with van der Waals surface area (Å²) < 4.78 is 5.46. The number of hydrogen-bond acceptors (Lipinski definition) is 3. The summed E-state index contributed by atoms with van der Waals surface area (Å²) in [7, 11) is 0. The van der Waals surface area contributed by atoms with Crippen molar-refractivity contribution in [3.05, 3.63) is 52.8 Å². The highest BCUT2D eigenvalue weighted by atomic mass is 16.5. The summed E-state index contributed by atoms with van der Waals surface area (Å²) in [6, 6.07) is 5.94. The Morgan fingerprint density at radius 2 is 2.10 bits per heavy atom. The Morgan fingerprint density at radius 3 is 2.90 bits per heavy atom. The predicted octanol–water partition coefficient (Wildman–Crippen LogP) is 3.20. The van der Waals surface area contributed by atoms with Crippen LogP contribution < -0.4 is 10.1 Å². The first-order valence-electron chi connectivity index (χ1n) is 6.79. The van der Waals surface area contributed by atoms with E-state index in [1.54, 1.807) is 6.20 Å². The van der Waals surface area contributed by atoms with Gasteiger partial charge in [-0.05, 0) is 54.3 Å². The van der Waals surface area contributed by atoms with Crippen molar-refractivity contribution in [2.75, 3.05) is 11.9 Å². The Labute approximate surface area is 123 Å². The fraction of sp³-hybridized carbons (Fsp3) is 0.176. The molecular weight excluding hydrogens is 264 g/mol. The molecular formula is C17H16N2O2. The zero-order valence-corrected chi connectivity index (χ0v) is 12.0. The van der Waals surface area contributed by atoms with E-state index in [0.717, 1.165) is 28.1 Å². The smallest absolute Gasteiger partial charge is 0.262 e. The van der Waals surface area contributed by atoms with E-state index in [-0.39, 0.29) is 12.5 Å². The summed E-state index contributed by atoms with van der Waals surface area (Å²) in [5.74, 6) is 0.635. The number of ether oxygens (including phenoxy) is 1. The lowest BCUT2D eigenvalue weighted by Gasteiger charge is -2.20. The number of amides is 1. The van der Waals surface area contributed by atoms with Gasteiger partial charge in [-0.25, -0.2) is 0 Å². The van der Waals surface area contributed by atoms with Crippen molar-refractivity contribution in [2.45, 2.75) is 13.8 Å². The Bertz CT molecular complexity index is 736. The number of carbonyl (C=O) groups excluding carboxylic acids is 1. The van der Waals surface area contributed by atoms with Crippen LogP contribution in [0.2, 0.25) is 0 Å². The standard InChI is InChI=1S/C17H16N2O2/c1-11-5-6-18-9-14(11)4-3-13-7-12(2)17-15(8-13)19-16(20)10-21-17/h3-9H,10H2,1-2H3,(H,19,20)/b4-3+. The number of fused-ring (bicyclic) bond motifs is 1. The van der Waals surface area contributed by atoms with Crippen molar-refractivity contribution < 1.29 is 9.53 Å². The highest BCUT2D eigenvalue weighted by Crippen LogP contribution is 2.33. The fourth-order valence-corrected chi connectivity index (χ4v) is 2.34. The van der Waals surface area contributed by atoms with Gasteiger partial charge < -0.3 is 10.1 Å². The van der Waals surface area contributed by atoms with Crippen LogP contribution in [0.4, 0.5) is 5.69 Å². The summed E-state index contributed by atoms with van der Waals surface area (Å²) in [5.41, 5.74) is 5.00. The van der Waals surface area contributed by atoms with Crippen LogP contribution in [0, 0.1) is 13.8 Å². The summed E-state index contributed by atoms with van der Waals surface area (Å²) in [5, 5.41) is 2.84. The zero-order chi connectivity index (χ0) is 14.8. The molecule has 2 aromatic rings. The average molecular weight is 280 g/mol. The Kier molecular flexibility index (Phi) is 3.44. The maximum Gasteiger partial charge on any atom is 0.262 e. The highest BCUT2D eigenvalue weighted by Gasteiger charge is 2.18. The summed E-state index contributed by atoms with van der Waals surface area (Å²) in [4.78, 5) is 15.5. The third kappa shape index (κ3) is 2.79. The van der Waals surface area contributed by atoms with Gasteiger partial charge >= 0.3 is 0 Å². The molecule has 0 fully saturated rings. The van der Waals surface area contributed by atoms with E-state index in [0.29, 0.717) is 0 Å². The van der Waals surface area contributed by atoms with E-state index in [4.69, 9.17) is 4.74 Å². The molecule has 0 unspecified atom stereocenters. The van der Waals surface area contributed by atoms with E-state index in [1.165, 1.54) is 5.56 Å². The molecule has 1 amide bonds. The van der Waals surface area contributed by atoms with Gasteiger partial charge in [0.1, 0.15) is 5.75 Å². The number of nitrogens with zero attached hydrogens (tertiary/aromatic N) is 1. The molecule has 1 aromatic carbocycles. The van der Waals surface area contributed by atoms with Crippen LogP contribution in [-0.2, 0) is 4.79 Å². The van der Waals surface area contributed by atoms with Gasteiger partial charge in [-0.2, -0.15) is 0 Å². The normalized spacial score (nSPS) is 13.7. The molecule has 4 nitrogen and oxygen atoms in total. The van der Waals surface area contributed by atoms with Crippen molar-refractivity contribution in [3.63, 3.8) is 0 Å². The van der Waals surface area contributed by atoms with Gasteiger partial charge in [0.25, 0.3) is 5.91 Å². The maximum absolute atomic E-state index is 11.4. The third-order valence-corrected chi connectivity index (χ3v) is 3.45. The lowest BCUT2D eigenvalue weighted by Crippen LogP contribution is -2.25. The number of pyridine rings is 1. The summed E-state index contributed by atoms with van der Waals surface area (Å²) >= 11 is 0. The van der Waals surface area contributed by atoms with Crippen LogP contribution in [0.25, 0.3) is 12.2 Å². The quantitative estimate of drug-likeness (QED) is 0.919. The fourth-order valence-electron chi connectivity index (χ4n) is 2.34. The maximum atomic E-state index is 11.4. The van der Waals surface area contributed by atoms with E-state index in [1.807, 2.05) is 50.4 Å². The molecule has 1 aliphatic rings. The molecule has 1 aromatic heterocycles. The third-order valence-electron chi connectivity index (χ3n) is 3.45. The first-order valence-corrected chi connectivity index (χ1v) is 6.79. The summed E-state index contributed by atoms with van der Waals surface area (Å²) in [6.07, 6.45) is 7.65. The monoisotopic (exact) mass is 280 g/mol. The summed E-state index contributed by atoms with van der Waals surface area (Å²) in [6.45, 7) is 4.11. The largest absolute Gasteiger partial charge is 0.481 e. The molecule has 0 atom stereocenters. The Hall–Kier alpha value is -2.62. The average Bonchev–Trinajstić information content (AvgIpc) is 2.46. The van der Waals surface area contributed by atoms with E-state index >= 15 is 0 Å². The lowest BCUT2D eigenvalue weighted by molar-refractivity contribution is -0.118. The molecule has 0 saturated carbocycles. The number of anilines is 1. The molecule has 4 heteroatoms. The lowest BCUT2D eigenvalue weighted by atomic mass is 10.1. The molecule has 0 bridgehead atoms. The van der Waals surface area contributed by atoms with Gasteiger partial charge in [-0.15, -0.1) is 0 Å². The first kappa shape index (κ1) is 13.4. The van der Waals surface area contributed by atoms with Gasteiger partial charge in [-0.3, -0.25) is 9.78 Å². The molecule has 0 radical (unpaired) electrons. The predicted molar refractivity (Wildman–Crippen MR) is 83.2 cm³/mol. The van der Waals surface area contributed by atoms with E-state index in [9.17, 15) is 4.79 Å². The second-order valence-corrected chi connectivity index (χ2v) is 5.12. The molecule has 3 rings (SSSR count). The molecule has 0 spiro atoms. The van der Waals surface area contributed by atoms with Gasteiger partial charge in [-0.1, -0.05) is 12.2 Å². The molecule has 0 saturated heterocycles. The molecule has 106 valence electrons. The molecule has 21 heavy (non-hydrogen) atoms. The minimum Gasteiger partial charge on any atom is -0.481 e. The number of aromatic nitrogens is 1. The number of rotatable bonds is 2. The topological polar surface area (TPSA) is 51.2 Å². The van der Waals surface area contributed by atoms with Crippen LogP contribution in [-0.4, -0.2) is 17.5 Å². The van der Waals surface area contributed by atoms with Gasteiger partial charge in [0.15, 0.2) is 6.61 Å². The number of aryl methyl sites for hydroxylation is 2. The van der Waals surface area contributed by atoms with Crippen molar-refractivity contribution in [2.24, 2.45) is 0 Å². The van der Waals surface area contributed by atoms with E-state index in [2.05, 4.69) is 10.3 Å². The minimum absolute atomic E-state index is 0.0813. The molecule has 1 N–H and O–H groups in total. The van der Waals surface area contributed by atoms with Gasteiger partial charge in [0.2, 0.25) is 0 Å².